The minimum absolute atomic E-state index is 0.0734. The molecule has 1 aliphatic carbocycles. The van der Waals surface area contributed by atoms with E-state index < -0.39 is 15.3 Å². The molecule has 0 amide bonds. The Hall–Kier alpha value is -0.200. The highest BCUT2D eigenvalue weighted by atomic mass is 32.2. The number of thiocarbonyl (C=S) groups is 1. The highest BCUT2D eigenvalue weighted by Crippen LogP contribution is 2.38. The maximum atomic E-state index is 12.4. The number of hydrogen-bond donors (Lipinski definition) is 1. The predicted octanol–water partition coefficient (Wildman–Crippen LogP) is 1.26. The lowest BCUT2D eigenvalue weighted by molar-refractivity contribution is 0.260. The first-order chi connectivity index (χ1) is 7.94. The summed E-state index contributed by atoms with van der Waals surface area (Å²) in [5.41, 5.74) is 5.48. The van der Waals surface area contributed by atoms with E-state index in [0.717, 1.165) is 25.7 Å². The summed E-state index contributed by atoms with van der Waals surface area (Å²) in [5.74, 6) is 0.553. The molecular weight excluding hydrogens is 256 g/mol. The number of sulfonamides is 1. The molecule has 3 unspecified atom stereocenters. The van der Waals surface area contributed by atoms with E-state index in [4.69, 9.17) is 18.0 Å². The van der Waals surface area contributed by atoms with E-state index in [-0.39, 0.29) is 11.0 Å². The predicted molar refractivity (Wildman–Crippen MR) is 72.2 cm³/mol. The average Bonchev–Trinajstić information content (AvgIpc) is 2.72. The van der Waals surface area contributed by atoms with Crippen LogP contribution in [-0.4, -0.2) is 35.5 Å². The first-order valence-corrected chi connectivity index (χ1v) is 8.15. The van der Waals surface area contributed by atoms with Gasteiger partial charge in [0.2, 0.25) is 10.0 Å². The Balaban J connectivity index is 2.20. The lowest BCUT2D eigenvalue weighted by Crippen LogP contribution is -2.46. The smallest absolute Gasteiger partial charge is 0.223 e. The number of hydrogen-bond acceptors (Lipinski definition) is 3. The van der Waals surface area contributed by atoms with E-state index in [9.17, 15) is 8.42 Å². The van der Waals surface area contributed by atoms with Gasteiger partial charge in [-0.25, -0.2) is 8.42 Å². The van der Waals surface area contributed by atoms with Crippen LogP contribution >= 0.6 is 12.2 Å². The third-order valence-corrected chi connectivity index (χ3v) is 6.89. The molecule has 1 heterocycles. The number of nitrogens with zero attached hydrogens (tertiary/aromatic N) is 1. The van der Waals surface area contributed by atoms with E-state index in [1.165, 1.54) is 6.42 Å². The number of rotatable bonds is 3. The van der Waals surface area contributed by atoms with Gasteiger partial charge in [-0.2, -0.15) is 4.31 Å². The summed E-state index contributed by atoms with van der Waals surface area (Å²) < 4.78 is 26.4. The second-order valence-corrected chi connectivity index (χ2v) is 7.78. The SMILES string of the molecule is CC(C(N)=S)S(=O)(=O)N1CCC2CCCCC21. The Morgan fingerprint density at radius 1 is 1.35 bits per heavy atom. The van der Waals surface area contributed by atoms with Crippen LogP contribution < -0.4 is 5.73 Å². The number of nitrogens with two attached hydrogens (primary N) is 1. The zero-order valence-corrected chi connectivity index (χ0v) is 11.8. The van der Waals surface area contributed by atoms with Crippen LogP contribution in [0, 0.1) is 5.92 Å². The van der Waals surface area contributed by atoms with Gasteiger partial charge in [-0.3, -0.25) is 0 Å². The van der Waals surface area contributed by atoms with Crippen molar-refractivity contribution in [1.82, 2.24) is 4.31 Å². The highest BCUT2D eigenvalue weighted by Gasteiger charge is 2.43. The van der Waals surface area contributed by atoms with Crippen LogP contribution in [0.1, 0.15) is 39.0 Å². The van der Waals surface area contributed by atoms with Crippen molar-refractivity contribution in [3.63, 3.8) is 0 Å². The van der Waals surface area contributed by atoms with E-state index in [0.29, 0.717) is 12.5 Å². The Morgan fingerprint density at radius 3 is 2.65 bits per heavy atom. The fraction of sp³-hybridized carbons (Fsp3) is 0.909. The molecule has 98 valence electrons. The largest absolute Gasteiger partial charge is 0.392 e. The Kier molecular flexibility index (Phi) is 3.75. The third kappa shape index (κ3) is 2.35. The maximum absolute atomic E-state index is 12.4. The molecule has 1 aliphatic heterocycles. The lowest BCUT2D eigenvalue weighted by Gasteiger charge is -2.32. The molecule has 2 rings (SSSR count). The maximum Gasteiger partial charge on any atom is 0.223 e. The molecule has 0 radical (unpaired) electrons. The van der Waals surface area contributed by atoms with Crippen LogP contribution in [0.3, 0.4) is 0 Å². The summed E-state index contributed by atoms with van der Waals surface area (Å²) in [6, 6.07) is 0.200. The molecule has 0 spiro atoms. The average molecular weight is 276 g/mol. The fourth-order valence-corrected chi connectivity index (χ4v) is 5.11. The van der Waals surface area contributed by atoms with Gasteiger partial charge >= 0.3 is 0 Å². The Labute approximate surface area is 109 Å². The van der Waals surface area contributed by atoms with Crippen LogP contribution in [0.4, 0.5) is 0 Å². The minimum Gasteiger partial charge on any atom is -0.392 e. The standard InChI is InChI=1S/C11H20N2O2S2/c1-8(11(12)16)17(14,15)13-7-6-9-4-2-3-5-10(9)13/h8-10H,2-7H2,1H3,(H2,12,16). The molecule has 2 fully saturated rings. The molecule has 1 saturated heterocycles. The molecule has 3 atom stereocenters. The molecule has 0 aromatic heterocycles. The van der Waals surface area contributed by atoms with Crippen molar-refractivity contribution in [2.45, 2.75) is 50.3 Å². The van der Waals surface area contributed by atoms with Crippen molar-refractivity contribution in [2.24, 2.45) is 11.7 Å². The molecule has 2 aliphatic rings. The van der Waals surface area contributed by atoms with Gasteiger partial charge in [0.1, 0.15) is 5.25 Å². The molecule has 0 aromatic carbocycles. The quantitative estimate of drug-likeness (QED) is 0.788. The summed E-state index contributed by atoms with van der Waals surface area (Å²) in [5, 5.41) is -0.738. The monoisotopic (exact) mass is 276 g/mol. The van der Waals surface area contributed by atoms with Gasteiger partial charge in [0.25, 0.3) is 0 Å². The van der Waals surface area contributed by atoms with Crippen molar-refractivity contribution < 1.29 is 8.42 Å². The van der Waals surface area contributed by atoms with Crippen LogP contribution in [0.25, 0.3) is 0 Å². The second-order valence-electron chi connectivity index (χ2n) is 5.10. The van der Waals surface area contributed by atoms with Gasteiger partial charge in [-0.05, 0) is 32.1 Å². The van der Waals surface area contributed by atoms with E-state index in [1.807, 2.05) is 0 Å². The van der Waals surface area contributed by atoms with Crippen LogP contribution in [0.5, 0.6) is 0 Å². The zero-order valence-electron chi connectivity index (χ0n) is 10.1. The van der Waals surface area contributed by atoms with Crippen molar-refractivity contribution >= 4 is 27.2 Å². The molecule has 17 heavy (non-hydrogen) atoms. The molecule has 2 N–H and O–H groups in total. The summed E-state index contributed by atoms with van der Waals surface area (Å²) >= 11 is 4.82. The first kappa shape index (κ1) is 13.2. The Morgan fingerprint density at radius 2 is 2.00 bits per heavy atom. The van der Waals surface area contributed by atoms with Crippen molar-refractivity contribution in [3.05, 3.63) is 0 Å². The van der Waals surface area contributed by atoms with Gasteiger partial charge in [-0.1, -0.05) is 25.1 Å². The molecule has 4 nitrogen and oxygen atoms in total. The normalized spacial score (nSPS) is 32.1. The zero-order chi connectivity index (χ0) is 12.6. The van der Waals surface area contributed by atoms with E-state index in [1.54, 1.807) is 11.2 Å². The van der Waals surface area contributed by atoms with E-state index >= 15 is 0 Å². The van der Waals surface area contributed by atoms with Crippen LogP contribution in [0.15, 0.2) is 0 Å². The summed E-state index contributed by atoms with van der Waals surface area (Å²) in [4.78, 5) is 0.0734. The van der Waals surface area contributed by atoms with Gasteiger partial charge in [0.15, 0.2) is 0 Å². The highest BCUT2D eigenvalue weighted by molar-refractivity contribution is 7.92. The van der Waals surface area contributed by atoms with Crippen molar-refractivity contribution in [3.8, 4) is 0 Å². The molecule has 6 heteroatoms. The summed E-state index contributed by atoms with van der Waals surface area (Å²) in [6.45, 7) is 2.23. The number of fused-ring (bicyclic) bond motifs is 1. The summed E-state index contributed by atoms with van der Waals surface area (Å²) in [6.07, 6.45) is 5.52. The van der Waals surface area contributed by atoms with Gasteiger partial charge in [-0.15, -0.1) is 0 Å². The van der Waals surface area contributed by atoms with Crippen molar-refractivity contribution in [1.29, 1.82) is 0 Å². The lowest BCUT2D eigenvalue weighted by atomic mass is 9.86. The van der Waals surface area contributed by atoms with Gasteiger partial charge < -0.3 is 5.73 Å². The topological polar surface area (TPSA) is 63.4 Å². The fourth-order valence-electron chi connectivity index (χ4n) is 3.03. The minimum atomic E-state index is -3.34. The van der Waals surface area contributed by atoms with E-state index in [2.05, 4.69) is 0 Å². The van der Waals surface area contributed by atoms with Gasteiger partial charge in [0.05, 0.1) is 4.99 Å². The third-order valence-electron chi connectivity index (χ3n) is 4.13. The van der Waals surface area contributed by atoms with Crippen LogP contribution in [0.2, 0.25) is 0 Å². The first-order valence-electron chi connectivity index (χ1n) is 6.24. The molecule has 0 aromatic rings. The second kappa shape index (κ2) is 4.82. The van der Waals surface area contributed by atoms with Crippen LogP contribution in [-0.2, 0) is 10.0 Å². The Bertz CT molecular complexity index is 408. The summed E-state index contributed by atoms with van der Waals surface area (Å²) in [7, 11) is -3.34. The molecule has 1 saturated carbocycles. The van der Waals surface area contributed by atoms with Gasteiger partial charge in [0, 0.05) is 12.6 Å². The van der Waals surface area contributed by atoms with Crippen molar-refractivity contribution in [2.75, 3.05) is 6.54 Å². The molecule has 0 bridgehead atoms. The molecular formula is C11H20N2O2S2.